The molecule has 0 radical (unpaired) electrons. The number of hydrogen-bond acceptors (Lipinski definition) is 5. The number of sulfone groups is 1. The van der Waals surface area contributed by atoms with Crippen molar-refractivity contribution in [3.8, 4) is 0 Å². The van der Waals surface area contributed by atoms with Gasteiger partial charge in [0.15, 0.2) is 0 Å². The van der Waals surface area contributed by atoms with Crippen LogP contribution in [0.5, 0.6) is 0 Å². The number of nitrogens with zero attached hydrogens (tertiary/aromatic N) is 4. The van der Waals surface area contributed by atoms with Crippen LogP contribution in [0.4, 0.5) is 4.79 Å². The van der Waals surface area contributed by atoms with E-state index < -0.39 is 15.9 Å². The zero-order valence-corrected chi connectivity index (χ0v) is 13.5. The van der Waals surface area contributed by atoms with Crippen molar-refractivity contribution in [2.45, 2.75) is 30.8 Å². The van der Waals surface area contributed by atoms with E-state index in [2.05, 4.69) is 10.1 Å². The van der Waals surface area contributed by atoms with Crippen LogP contribution in [0.2, 0.25) is 0 Å². The first-order valence-electron chi connectivity index (χ1n) is 6.93. The summed E-state index contributed by atoms with van der Waals surface area (Å²) in [6.45, 7) is 6.39. The summed E-state index contributed by atoms with van der Waals surface area (Å²) >= 11 is 0. The third-order valence-corrected chi connectivity index (χ3v) is 5.03. The van der Waals surface area contributed by atoms with Gasteiger partial charge >= 0.3 is 6.03 Å². The lowest BCUT2D eigenvalue weighted by atomic mass is 10.2. The molecule has 1 heterocycles. The Balaban J connectivity index is 2.40. The average molecular weight is 322 g/mol. The zero-order valence-electron chi connectivity index (χ0n) is 12.7. The van der Waals surface area contributed by atoms with E-state index in [1.165, 1.54) is 11.0 Å². The minimum Gasteiger partial charge on any atom is -0.323 e. The molecule has 0 aliphatic carbocycles. The molecule has 0 atom stereocenters. The van der Waals surface area contributed by atoms with Crippen LogP contribution in [0.3, 0.4) is 0 Å². The van der Waals surface area contributed by atoms with E-state index in [0.29, 0.717) is 18.7 Å². The molecular weight excluding hydrogens is 304 g/mol. The van der Waals surface area contributed by atoms with Crippen LogP contribution in [-0.4, -0.2) is 47.2 Å². The topological polar surface area (TPSA) is 85.2 Å². The number of carbonyl (C=O) groups is 1. The summed E-state index contributed by atoms with van der Waals surface area (Å²) in [5, 5.41) is 3.47. The van der Waals surface area contributed by atoms with E-state index in [-0.39, 0.29) is 10.1 Å². The molecule has 2 rings (SSSR count). The molecule has 1 amide bonds. The van der Waals surface area contributed by atoms with Gasteiger partial charge in [-0.05, 0) is 32.4 Å². The normalized spacial score (nSPS) is 11.4. The summed E-state index contributed by atoms with van der Waals surface area (Å²) in [6.07, 6.45) is 1.13. The maximum Gasteiger partial charge on any atom is 0.346 e. The van der Waals surface area contributed by atoms with Crippen LogP contribution >= 0.6 is 0 Å². The molecule has 2 aromatic rings. The zero-order chi connectivity index (χ0) is 16.3. The highest BCUT2D eigenvalue weighted by Gasteiger charge is 2.25. The first-order chi connectivity index (χ1) is 10.4. The summed E-state index contributed by atoms with van der Waals surface area (Å²) in [7, 11) is -3.84. The largest absolute Gasteiger partial charge is 0.346 e. The van der Waals surface area contributed by atoms with Crippen LogP contribution in [0.15, 0.2) is 40.6 Å². The van der Waals surface area contributed by atoms with E-state index in [0.717, 1.165) is 11.0 Å². The lowest BCUT2D eigenvalue weighted by Crippen LogP contribution is -2.34. The van der Waals surface area contributed by atoms with Crippen molar-refractivity contribution in [1.29, 1.82) is 0 Å². The van der Waals surface area contributed by atoms with Crippen LogP contribution in [0.25, 0.3) is 0 Å². The molecule has 118 valence electrons. The van der Waals surface area contributed by atoms with Crippen molar-refractivity contribution in [2.24, 2.45) is 0 Å². The molecule has 0 spiro atoms. The number of rotatable bonds is 4. The van der Waals surface area contributed by atoms with E-state index in [4.69, 9.17) is 0 Å². The van der Waals surface area contributed by atoms with E-state index in [9.17, 15) is 13.2 Å². The Kier molecular flexibility index (Phi) is 4.60. The maximum absolute atomic E-state index is 12.5. The molecule has 0 unspecified atom stereocenters. The van der Waals surface area contributed by atoms with E-state index in [1.54, 1.807) is 25.1 Å². The van der Waals surface area contributed by atoms with Crippen LogP contribution in [0.1, 0.15) is 19.4 Å². The molecule has 0 aliphatic rings. The molecule has 0 aliphatic heterocycles. The van der Waals surface area contributed by atoms with Crippen molar-refractivity contribution in [1.82, 2.24) is 19.7 Å². The summed E-state index contributed by atoms with van der Waals surface area (Å²) in [5.41, 5.74) is 0.605. The third-order valence-electron chi connectivity index (χ3n) is 3.32. The van der Waals surface area contributed by atoms with Crippen molar-refractivity contribution < 1.29 is 13.2 Å². The number of hydrogen-bond donors (Lipinski definition) is 0. The van der Waals surface area contributed by atoms with Gasteiger partial charge in [-0.3, -0.25) is 0 Å². The number of aryl methyl sites for hydroxylation is 1. The number of carbonyl (C=O) groups excluding carboxylic acids is 1. The molecule has 22 heavy (non-hydrogen) atoms. The molecule has 7 nitrogen and oxygen atoms in total. The van der Waals surface area contributed by atoms with Crippen LogP contribution in [0, 0.1) is 6.92 Å². The monoisotopic (exact) mass is 322 g/mol. The first-order valence-corrected chi connectivity index (χ1v) is 8.41. The quantitative estimate of drug-likeness (QED) is 0.856. The summed E-state index contributed by atoms with van der Waals surface area (Å²) < 4.78 is 26.0. The van der Waals surface area contributed by atoms with Crippen molar-refractivity contribution in [2.75, 3.05) is 13.1 Å². The van der Waals surface area contributed by atoms with Gasteiger partial charge in [-0.1, -0.05) is 18.2 Å². The molecule has 8 heteroatoms. The average Bonchev–Trinajstić information content (AvgIpc) is 2.99. The maximum atomic E-state index is 12.5. The second-order valence-corrected chi connectivity index (χ2v) is 6.51. The van der Waals surface area contributed by atoms with Crippen molar-refractivity contribution in [3.05, 3.63) is 36.2 Å². The van der Waals surface area contributed by atoms with Crippen molar-refractivity contribution >= 4 is 15.9 Å². The Morgan fingerprint density at radius 3 is 2.45 bits per heavy atom. The smallest absolute Gasteiger partial charge is 0.323 e. The Labute approximate surface area is 129 Å². The predicted molar refractivity (Wildman–Crippen MR) is 80.4 cm³/mol. The molecule has 1 aromatic carbocycles. The fourth-order valence-electron chi connectivity index (χ4n) is 2.06. The molecule has 0 saturated heterocycles. The highest BCUT2D eigenvalue weighted by molar-refractivity contribution is 7.91. The van der Waals surface area contributed by atoms with Gasteiger partial charge < -0.3 is 4.90 Å². The van der Waals surface area contributed by atoms with Crippen LogP contribution in [-0.2, 0) is 9.84 Å². The van der Waals surface area contributed by atoms with Crippen LogP contribution < -0.4 is 0 Å². The lowest BCUT2D eigenvalue weighted by molar-refractivity contribution is 0.201. The molecule has 0 saturated carbocycles. The predicted octanol–water partition coefficient (Wildman–Crippen LogP) is 1.73. The number of amides is 1. The highest BCUT2D eigenvalue weighted by Crippen LogP contribution is 2.20. The standard InChI is InChI=1S/C14H18N4O3S/c1-4-17(5-2)14(19)18-10-15-13(16-18)22(20,21)12-9-7-6-8-11(12)3/h6-10H,4-5H2,1-3H3. The second kappa shape index (κ2) is 6.27. The van der Waals surface area contributed by atoms with Gasteiger partial charge in [0.2, 0.25) is 9.84 Å². The summed E-state index contributed by atoms with van der Waals surface area (Å²) in [4.78, 5) is 17.6. The van der Waals surface area contributed by atoms with Gasteiger partial charge in [0.05, 0.1) is 4.90 Å². The fraction of sp³-hybridized carbons (Fsp3) is 0.357. The van der Waals surface area contributed by atoms with Gasteiger partial charge in [-0.25, -0.2) is 18.2 Å². The molecule has 0 fully saturated rings. The Morgan fingerprint density at radius 1 is 1.23 bits per heavy atom. The van der Waals surface area contributed by atoms with Gasteiger partial charge in [-0.2, -0.15) is 4.68 Å². The molecule has 0 bridgehead atoms. The number of benzene rings is 1. The summed E-state index contributed by atoms with van der Waals surface area (Å²) in [5.74, 6) is 0. The lowest BCUT2D eigenvalue weighted by Gasteiger charge is -2.17. The Bertz CT molecular complexity index is 779. The van der Waals surface area contributed by atoms with Crippen molar-refractivity contribution in [3.63, 3.8) is 0 Å². The van der Waals surface area contributed by atoms with E-state index in [1.807, 2.05) is 13.8 Å². The van der Waals surface area contributed by atoms with Gasteiger partial charge in [0.25, 0.3) is 5.16 Å². The molecular formula is C14H18N4O3S. The Morgan fingerprint density at radius 2 is 1.86 bits per heavy atom. The second-order valence-electron chi connectivity index (χ2n) is 4.70. The third kappa shape index (κ3) is 2.87. The van der Waals surface area contributed by atoms with Gasteiger partial charge in [0.1, 0.15) is 6.33 Å². The Hall–Kier alpha value is -2.22. The first kappa shape index (κ1) is 16.2. The number of aromatic nitrogens is 3. The molecule has 1 aromatic heterocycles. The SMILES string of the molecule is CCN(CC)C(=O)n1cnc(S(=O)(=O)c2ccccc2C)n1. The summed E-state index contributed by atoms with van der Waals surface area (Å²) in [6, 6.07) is 6.19. The highest BCUT2D eigenvalue weighted by atomic mass is 32.2. The fourth-order valence-corrected chi connectivity index (χ4v) is 3.39. The van der Waals surface area contributed by atoms with Gasteiger partial charge in [0, 0.05) is 13.1 Å². The van der Waals surface area contributed by atoms with E-state index >= 15 is 0 Å². The molecule has 0 N–H and O–H groups in total. The minimum atomic E-state index is -3.84. The van der Waals surface area contributed by atoms with Gasteiger partial charge in [-0.15, -0.1) is 5.10 Å². The minimum absolute atomic E-state index is 0.142.